The lowest BCUT2D eigenvalue weighted by atomic mass is 10.0. The summed E-state index contributed by atoms with van der Waals surface area (Å²) in [6, 6.07) is 23.3. The third kappa shape index (κ3) is 7.96. The van der Waals surface area contributed by atoms with Crippen LogP contribution in [0.15, 0.2) is 78.9 Å². The summed E-state index contributed by atoms with van der Waals surface area (Å²) in [7, 11) is 0. The van der Waals surface area contributed by atoms with Gasteiger partial charge in [-0.05, 0) is 43.5 Å². The van der Waals surface area contributed by atoms with Crippen LogP contribution >= 0.6 is 11.8 Å². The molecule has 0 aliphatic heterocycles. The van der Waals surface area contributed by atoms with Crippen molar-refractivity contribution in [3.63, 3.8) is 0 Å². The highest BCUT2D eigenvalue weighted by atomic mass is 32.2. The summed E-state index contributed by atoms with van der Waals surface area (Å²) in [4.78, 5) is 28.4. The summed E-state index contributed by atoms with van der Waals surface area (Å²) in [6.45, 7) is 5.85. The largest absolute Gasteiger partial charge is 0.352 e. The van der Waals surface area contributed by atoms with E-state index in [4.69, 9.17) is 0 Å². The van der Waals surface area contributed by atoms with Crippen LogP contribution in [0.3, 0.4) is 0 Å². The number of nitrogens with one attached hydrogen (secondary N) is 1. The first kappa shape index (κ1) is 26.5. The standard InChI is InChI=1S/C29H33FN2O2S/c1-21(2)31-29(34)27(17-23-12-5-4-6-13-23)32(18-24-14-9-10-16-26(24)30)28(33)20-35-19-25-15-8-7-11-22(25)3/h4-16,21,27H,17-20H2,1-3H3,(H,31,34). The minimum absolute atomic E-state index is 0.0272. The highest BCUT2D eigenvalue weighted by molar-refractivity contribution is 7.99. The van der Waals surface area contributed by atoms with Gasteiger partial charge >= 0.3 is 0 Å². The van der Waals surface area contributed by atoms with E-state index in [1.54, 1.807) is 18.2 Å². The number of carbonyl (C=O) groups is 2. The van der Waals surface area contributed by atoms with Crippen LogP contribution < -0.4 is 5.32 Å². The molecule has 2 amide bonds. The van der Waals surface area contributed by atoms with Gasteiger partial charge in [-0.2, -0.15) is 0 Å². The number of aryl methyl sites for hydroxylation is 1. The van der Waals surface area contributed by atoms with E-state index in [-0.39, 0.29) is 36.0 Å². The minimum atomic E-state index is -0.758. The van der Waals surface area contributed by atoms with Gasteiger partial charge in [0.2, 0.25) is 11.8 Å². The fourth-order valence-electron chi connectivity index (χ4n) is 3.85. The van der Waals surface area contributed by atoms with E-state index in [0.29, 0.717) is 17.7 Å². The summed E-state index contributed by atoms with van der Waals surface area (Å²) in [6.07, 6.45) is 0.349. The molecular weight excluding hydrogens is 459 g/mol. The van der Waals surface area contributed by atoms with E-state index >= 15 is 0 Å². The van der Waals surface area contributed by atoms with Gasteiger partial charge in [-0.1, -0.05) is 72.8 Å². The monoisotopic (exact) mass is 492 g/mol. The molecule has 0 aromatic heterocycles. The second-order valence-electron chi connectivity index (χ2n) is 8.90. The van der Waals surface area contributed by atoms with Crippen LogP contribution in [0.1, 0.15) is 36.1 Å². The molecule has 3 aromatic rings. The molecule has 1 unspecified atom stereocenters. The number of halogens is 1. The van der Waals surface area contributed by atoms with Crippen molar-refractivity contribution in [1.82, 2.24) is 10.2 Å². The van der Waals surface area contributed by atoms with Gasteiger partial charge in [0.15, 0.2) is 0 Å². The first-order chi connectivity index (χ1) is 16.8. The van der Waals surface area contributed by atoms with Crippen LogP contribution in [-0.4, -0.2) is 34.6 Å². The molecule has 0 spiro atoms. The number of hydrogen-bond acceptors (Lipinski definition) is 3. The van der Waals surface area contributed by atoms with Crippen LogP contribution in [0.4, 0.5) is 4.39 Å². The Hall–Kier alpha value is -3.12. The van der Waals surface area contributed by atoms with E-state index in [9.17, 15) is 14.0 Å². The smallest absolute Gasteiger partial charge is 0.243 e. The second kappa shape index (κ2) is 13.1. The molecule has 0 aliphatic carbocycles. The Balaban J connectivity index is 1.86. The molecule has 6 heteroatoms. The predicted octanol–water partition coefficient (Wildman–Crippen LogP) is 5.53. The van der Waals surface area contributed by atoms with E-state index < -0.39 is 6.04 Å². The van der Waals surface area contributed by atoms with Crippen LogP contribution in [0, 0.1) is 12.7 Å². The van der Waals surface area contributed by atoms with Crippen LogP contribution in [0.25, 0.3) is 0 Å². The molecule has 184 valence electrons. The highest BCUT2D eigenvalue weighted by Gasteiger charge is 2.31. The molecule has 3 aromatic carbocycles. The zero-order chi connectivity index (χ0) is 25.2. The number of thioether (sulfide) groups is 1. The summed E-state index contributed by atoms with van der Waals surface area (Å²) in [5, 5.41) is 2.95. The number of rotatable bonds is 11. The van der Waals surface area contributed by atoms with E-state index in [1.807, 2.05) is 69.3 Å². The van der Waals surface area contributed by atoms with Gasteiger partial charge in [0.1, 0.15) is 11.9 Å². The summed E-state index contributed by atoms with van der Waals surface area (Å²) in [5.74, 6) is 0.0704. The fourth-order valence-corrected chi connectivity index (χ4v) is 4.83. The van der Waals surface area contributed by atoms with Gasteiger partial charge in [-0.25, -0.2) is 4.39 Å². The molecule has 0 fully saturated rings. The number of amides is 2. The van der Waals surface area contributed by atoms with Crippen molar-refractivity contribution in [3.05, 3.63) is 107 Å². The summed E-state index contributed by atoms with van der Waals surface area (Å²) >= 11 is 1.50. The maximum atomic E-state index is 14.6. The first-order valence-electron chi connectivity index (χ1n) is 11.8. The van der Waals surface area contributed by atoms with Gasteiger partial charge in [-0.3, -0.25) is 9.59 Å². The lowest BCUT2D eigenvalue weighted by Gasteiger charge is -2.32. The Bertz CT molecular complexity index is 1120. The molecule has 0 radical (unpaired) electrons. The van der Waals surface area contributed by atoms with Crippen molar-refractivity contribution in [2.24, 2.45) is 0 Å². The SMILES string of the molecule is Cc1ccccc1CSCC(=O)N(Cc1ccccc1F)C(Cc1ccccc1)C(=O)NC(C)C. The van der Waals surface area contributed by atoms with E-state index in [2.05, 4.69) is 11.4 Å². The van der Waals surface area contributed by atoms with Crippen LogP contribution in [0.2, 0.25) is 0 Å². The van der Waals surface area contributed by atoms with Crippen LogP contribution in [-0.2, 0) is 28.3 Å². The average Bonchev–Trinajstić information content (AvgIpc) is 2.83. The molecule has 1 N–H and O–H groups in total. The Morgan fingerprint density at radius 2 is 1.54 bits per heavy atom. The minimum Gasteiger partial charge on any atom is -0.352 e. The zero-order valence-corrected chi connectivity index (χ0v) is 21.4. The topological polar surface area (TPSA) is 49.4 Å². The van der Waals surface area contributed by atoms with Crippen LogP contribution in [0.5, 0.6) is 0 Å². The Kier molecular flexibility index (Phi) is 9.91. The molecular formula is C29H33FN2O2S. The lowest BCUT2D eigenvalue weighted by Crippen LogP contribution is -2.52. The third-order valence-electron chi connectivity index (χ3n) is 5.74. The number of nitrogens with zero attached hydrogens (tertiary/aromatic N) is 1. The molecule has 35 heavy (non-hydrogen) atoms. The third-order valence-corrected chi connectivity index (χ3v) is 6.71. The Morgan fingerprint density at radius 1 is 0.914 bits per heavy atom. The molecule has 0 saturated carbocycles. The van der Waals surface area contributed by atoms with Gasteiger partial charge in [0.25, 0.3) is 0 Å². The maximum absolute atomic E-state index is 14.6. The van der Waals surface area contributed by atoms with Crippen molar-refractivity contribution in [2.45, 2.75) is 51.6 Å². The number of benzene rings is 3. The molecule has 0 bridgehead atoms. The molecule has 0 heterocycles. The van der Waals surface area contributed by atoms with Crippen molar-refractivity contribution in [1.29, 1.82) is 0 Å². The fraction of sp³-hybridized carbons (Fsp3) is 0.310. The average molecular weight is 493 g/mol. The normalized spacial score (nSPS) is 11.8. The van der Waals surface area contributed by atoms with Crippen molar-refractivity contribution in [3.8, 4) is 0 Å². The van der Waals surface area contributed by atoms with E-state index in [0.717, 1.165) is 5.56 Å². The zero-order valence-electron chi connectivity index (χ0n) is 20.5. The molecule has 0 aliphatic rings. The second-order valence-corrected chi connectivity index (χ2v) is 9.89. The molecule has 0 saturated heterocycles. The van der Waals surface area contributed by atoms with Gasteiger partial charge < -0.3 is 10.2 Å². The van der Waals surface area contributed by atoms with Gasteiger partial charge in [0.05, 0.1) is 5.75 Å². The molecule has 1 atom stereocenters. The van der Waals surface area contributed by atoms with Crippen molar-refractivity contribution < 1.29 is 14.0 Å². The molecule has 3 rings (SSSR count). The number of hydrogen-bond donors (Lipinski definition) is 1. The van der Waals surface area contributed by atoms with Gasteiger partial charge in [-0.15, -0.1) is 11.8 Å². The van der Waals surface area contributed by atoms with Crippen molar-refractivity contribution in [2.75, 3.05) is 5.75 Å². The first-order valence-corrected chi connectivity index (χ1v) is 13.0. The summed E-state index contributed by atoms with van der Waals surface area (Å²) < 4.78 is 14.6. The van der Waals surface area contributed by atoms with Crippen molar-refractivity contribution >= 4 is 23.6 Å². The molecule has 4 nitrogen and oxygen atoms in total. The maximum Gasteiger partial charge on any atom is 0.243 e. The highest BCUT2D eigenvalue weighted by Crippen LogP contribution is 2.20. The Morgan fingerprint density at radius 3 is 2.20 bits per heavy atom. The quantitative estimate of drug-likeness (QED) is 0.383. The predicted molar refractivity (Wildman–Crippen MR) is 142 cm³/mol. The lowest BCUT2D eigenvalue weighted by molar-refractivity contribution is -0.139. The van der Waals surface area contributed by atoms with Gasteiger partial charge in [0, 0.05) is 30.3 Å². The summed E-state index contributed by atoms with van der Waals surface area (Å²) in [5.41, 5.74) is 3.67. The Labute approximate surface area is 211 Å². The number of carbonyl (C=O) groups excluding carboxylic acids is 2. The van der Waals surface area contributed by atoms with E-state index in [1.165, 1.54) is 33.9 Å².